The number of aliphatic hydroxyl groups is 1. The molecular weight excluding hydrogens is 345 g/mol. The Kier molecular flexibility index (Phi) is 6.43. The number of carboxylic acids is 1. The first kappa shape index (κ1) is 17.2. The summed E-state index contributed by atoms with van der Waals surface area (Å²) in [4.78, 5) is 17.6. The molecule has 110 valence electrons. The lowest BCUT2D eigenvalue weighted by atomic mass is 9.93. The molecule has 2 N–H and O–H groups in total. The van der Waals surface area contributed by atoms with Gasteiger partial charge in [0, 0.05) is 22.4 Å². The number of rotatable bonds is 5. The smallest absolute Gasteiger partial charge is 0.355 e. The van der Waals surface area contributed by atoms with E-state index in [0.29, 0.717) is 6.42 Å². The van der Waals surface area contributed by atoms with Crippen molar-refractivity contribution in [2.24, 2.45) is 11.8 Å². The molecule has 1 saturated carbocycles. The molecule has 1 heterocycles. The maximum Gasteiger partial charge on any atom is 0.355 e. The third-order valence-electron chi connectivity index (χ3n) is 3.44. The van der Waals surface area contributed by atoms with Gasteiger partial charge >= 0.3 is 5.97 Å². The topological polar surface area (TPSA) is 70.4 Å². The molecule has 2 radical (unpaired) electrons. The zero-order valence-corrected chi connectivity index (χ0v) is 14.6. The molecule has 1 aromatic heterocycles. The average Bonchev–Trinajstić information content (AvgIpc) is 2.99. The van der Waals surface area contributed by atoms with E-state index in [1.807, 2.05) is 0 Å². The van der Waals surface area contributed by atoms with Crippen molar-refractivity contribution in [3.05, 3.63) is 11.1 Å². The number of aromatic carboxylic acids is 1. The van der Waals surface area contributed by atoms with E-state index in [2.05, 4.69) is 32.0 Å². The molecule has 21 heavy (non-hydrogen) atoms. The average molecular weight is 358 g/mol. The first-order chi connectivity index (χ1) is 10.0. The molecular formula is C13H13AlClNO3S2. The molecule has 1 aliphatic rings. The molecule has 1 aromatic rings. The number of hydrogen-bond donors (Lipinski definition) is 2. The molecule has 0 aliphatic heterocycles. The van der Waals surface area contributed by atoms with E-state index in [-0.39, 0.29) is 22.9 Å². The number of alkyl halides is 1. The highest BCUT2D eigenvalue weighted by molar-refractivity contribution is 8.01. The van der Waals surface area contributed by atoms with Crippen LogP contribution >= 0.6 is 34.7 Å². The third kappa shape index (κ3) is 4.39. The number of thioether (sulfide) groups is 1. The van der Waals surface area contributed by atoms with Crippen molar-refractivity contribution in [2.45, 2.75) is 28.7 Å². The van der Waals surface area contributed by atoms with Gasteiger partial charge in [0.25, 0.3) is 16.3 Å². The lowest BCUT2D eigenvalue weighted by molar-refractivity contribution is 0.0691. The number of aromatic nitrogens is 1. The first-order valence-corrected chi connectivity index (χ1v) is 9.25. The second kappa shape index (κ2) is 7.88. The van der Waals surface area contributed by atoms with E-state index in [1.165, 1.54) is 28.5 Å². The molecule has 2 rings (SSSR count). The van der Waals surface area contributed by atoms with Gasteiger partial charge in [0.15, 0.2) is 10.0 Å². The lowest BCUT2D eigenvalue weighted by Gasteiger charge is -2.18. The number of carbonyl (C=O) groups is 1. The summed E-state index contributed by atoms with van der Waals surface area (Å²) in [7, 11) is 0. The van der Waals surface area contributed by atoms with Gasteiger partial charge in [0.2, 0.25) is 0 Å². The van der Waals surface area contributed by atoms with Crippen LogP contribution in [0.2, 0.25) is 0 Å². The van der Waals surface area contributed by atoms with E-state index in [4.69, 9.17) is 16.7 Å². The molecule has 0 saturated heterocycles. The van der Waals surface area contributed by atoms with Gasteiger partial charge in [-0.2, -0.15) is 0 Å². The molecule has 4 atom stereocenters. The standard InChI is InChI=1S/C13H13ClNO3S2.Al/c1-2-7-8(9(14)5-11(7)16)3-4-19-13-15-10(6-20-13)12(17)18;/h6-9,11,16H,3-5H2,(H,17,18);/t7?,8-,9-,11-;/m1./s1. The van der Waals surface area contributed by atoms with Crippen molar-refractivity contribution < 1.29 is 15.0 Å². The van der Waals surface area contributed by atoms with Gasteiger partial charge in [-0.1, -0.05) is 11.8 Å². The fourth-order valence-electron chi connectivity index (χ4n) is 2.43. The largest absolute Gasteiger partial charge is 0.476 e. The molecule has 0 amide bonds. The number of hydrogen-bond acceptors (Lipinski definition) is 5. The van der Waals surface area contributed by atoms with Gasteiger partial charge in [-0.25, -0.2) is 14.6 Å². The Bertz CT molecular complexity index is 571. The highest BCUT2D eigenvalue weighted by Crippen LogP contribution is 2.39. The summed E-state index contributed by atoms with van der Waals surface area (Å²) in [6.45, 7) is 0. The van der Waals surface area contributed by atoms with Crippen molar-refractivity contribution in [3.63, 3.8) is 0 Å². The van der Waals surface area contributed by atoms with Crippen LogP contribution in [-0.2, 0) is 0 Å². The lowest BCUT2D eigenvalue weighted by Crippen LogP contribution is -2.19. The quantitative estimate of drug-likeness (QED) is 0.365. The van der Waals surface area contributed by atoms with Crippen molar-refractivity contribution in [3.8, 4) is 10.7 Å². The Morgan fingerprint density at radius 3 is 3.05 bits per heavy atom. The minimum absolute atomic E-state index is 0.0673. The van der Waals surface area contributed by atoms with Crippen LogP contribution in [0.15, 0.2) is 9.72 Å². The van der Waals surface area contributed by atoms with E-state index in [1.54, 1.807) is 0 Å². The Labute approximate surface area is 144 Å². The molecule has 0 aromatic carbocycles. The highest BCUT2D eigenvalue weighted by Gasteiger charge is 2.40. The summed E-state index contributed by atoms with van der Waals surface area (Å²) in [5.41, 5.74) is 0.0840. The fourth-order valence-corrected chi connectivity index (χ4v) is 5.00. The molecule has 1 aliphatic carbocycles. The van der Waals surface area contributed by atoms with E-state index in [9.17, 15) is 9.90 Å². The minimum Gasteiger partial charge on any atom is -0.476 e. The Hall–Kier alpha value is -0.208. The summed E-state index contributed by atoms with van der Waals surface area (Å²) >= 11 is 11.5. The maximum atomic E-state index is 10.8. The van der Waals surface area contributed by atoms with Gasteiger partial charge in [0.05, 0.1) is 6.10 Å². The van der Waals surface area contributed by atoms with Crippen LogP contribution in [0.5, 0.6) is 0 Å². The van der Waals surface area contributed by atoms with Gasteiger partial charge in [0.1, 0.15) is 0 Å². The predicted octanol–water partition coefficient (Wildman–Crippen LogP) is 2.06. The number of carboxylic acid groups (broad SMARTS) is 1. The van der Waals surface area contributed by atoms with E-state index < -0.39 is 12.1 Å². The highest BCUT2D eigenvalue weighted by atomic mass is 35.5. The van der Waals surface area contributed by atoms with Gasteiger partial charge in [-0.05, 0) is 18.8 Å². The Morgan fingerprint density at radius 2 is 2.43 bits per heavy atom. The van der Waals surface area contributed by atoms with Crippen LogP contribution < -0.4 is 0 Å². The summed E-state index contributed by atoms with van der Waals surface area (Å²) in [6.07, 6.45) is 0.928. The molecule has 8 heteroatoms. The zero-order valence-electron chi connectivity index (χ0n) is 11.0. The minimum atomic E-state index is -1.01. The van der Waals surface area contributed by atoms with Crippen LogP contribution in [0.4, 0.5) is 0 Å². The van der Waals surface area contributed by atoms with Crippen LogP contribution in [0, 0.1) is 22.5 Å². The van der Waals surface area contributed by atoms with Crippen LogP contribution in [-0.4, -0.2) is 54.7 Å². The first-order valence-electron chi connectivity index (χ1n) is 6.37. The van der Waals surface area contributed by atoms with Gasteiger partial charge in [-0.3, -0.25) is 0 Å². The molecule has 1 fully saturated rings. The van der Waals surface area contributed by atoms with E-state index in [0.717, 1.165) is 16.5 Å². The zero-order chi connectivity index (χ0) is 15.4. The SMILES string of the molecule is O=C(O)c1csc(SCC[C@@H]2C(C#[C][Al])[C@H](O)C[C@H]2Cl)n1. The summed E-state index contributed by atoms with van der Waals surface area (Å²) in [5.74, 6) is 2.86. The van der Waals surface area contributed by atoms with Crippen molar-refractivity contribution in [2.75, 3.05) is 5.75 Å². The third-order valence-corrected chi connectivity index (χ3v) is 6.16. The normalized spacial score (nSPS) is 28.1. The van der Waals surface area contributed by atoms with Crippen LogP contribution in [0.25, 0.3) is 0 Å². The predicted molar refractivity (Wildman–Crippen MR) is 85.2 cm³/mol. The summed E-state index contributed by atoms with van der Waals surface area (Å²) in [5, 5.41) is 20.3. The van der Waals surface area contributed by atoms with Crippen molar-refractivity contribution >= 4 is 57.0 Å². The van der Waals surface area contributed by atoms with Gasteiger partial charge < -0.3 is 10.2 Å². The maximum absolute atomic E-state index is 10.8. The number of thiazole rings is 1. The summed E-state index contributed by atoms with van der Waals surface area (Å²) in [6, 6.07) is 0. The molecule has 0 bridgehead atoms. The second-order valence-electron chi connectivity index (χ2n) is 4.74. The second-order valence-corrected chi connectivity index (χ2v) is 7.79. The molecule has 4 nitrogen and oxygen atoms in total. The van der Waals surface area contributed by atoms with Gasteiger partial charge in [-0.15, -0.1) is 28.9 Å². The Morgan fingerprint density at radius 1 is 1.67 bits per heavy atom. The summed E-state index contributed by atoms with van der Waals surface area (Å²) < 4.78 is 0.741. The number of aliphatic hydroxyl groups excluding tert-OH is 1. The monoisotopic (exact) mass is 357 g/mol. The van der Waals surface area contributed by atoms with Crippen molar-refractivity contribution in [1.29, 1.82) is 0 Å². The number of halogens is 1. The van der Waals surface area contributed by atoms with E-state index >= 15 is 0 Å². The molecule has 0 spiro atoms. The Balaban J connectivity index is 1.89. The fraction of sp³-hybridized carbons (Fsp3) is 0.538. The molecule has 1 unspecified atom stereocenters. The van der Waals surface area contributed by atoms with Crippen molar-refractivity contribution in [1.82, 2.24) is 4.98 Å². The number of nitrogens with zero attached hydrogens (tertiary/aromatic N) is 1. The van der Waals surface area contributed by atoms with Crippen LogP contribution in [0.3, 0.4) is 0 Å². The van der Waals surface area contributed by atoms with Crippen LogP contribution in [0.1, 0.15) is 23.3 Å².